The predicted octanol–water partition coefficient (Wildman–Crippen LogP) is -2.14. The molecule has 30 heavy (non-hydrogen) atoms. The molecule has 0 aromatic heterocycles. The van der Waals surface area contributed by atoms with E-state index in [4.69, 9.17) is 23.3 Å². The summed E-state index contributed by atoms with van der Waals surface area (Å²) in [6.45, 7) is 1.47. The second-order valence-corrected chi connectivity index (χ2v) is 8.13. The average molecular weight is 477 g/mol. The van der Waals surface area contributed by atoms with Gasteiger partial charge in [0.1, 0.15) is 12.2 Å². The van der Waals surface area contributed by atoms with Gasteiger partial charge in [-0.2, -0.15) is 16.8 Å². The second kappa shape index (κ2) is 12.0. The molecule has 0 aliphatic carbocycles. The fourth-order valence-electron chi connectivity index (χ4n) is 2.80. The minimum Gasteiger partial charge on any atom is -0.369 e. The van der Waals surface area contributed by atoms with Crippen LogP contribution in [0.1, 0.15) is 12.5 Å². The molecule has 0 saturated carbocycles. The van der Waals surface area contributed by atoms with Gasteiger partial charge in [-0.3, -0.25) is 9.11 Å². The molecule has 0 radical (unpaired) electrons. The molecule has 1 aliphatic rings. The normalized spacial score (nSPS) is 27.7. The zero-order chi connectivity index (χ0) is 21.7. The van der Waals surface area contributed by atoms with E-state index in [0.29, 0.717) is 0 Å². The van der Waals surface area contributed by atoms with Crippen LogP contribution in [0.15, 0.2) is 36.4 Å². The van der Waals surface area contributed by atoms with Gasteiger partial charge in [-0.05, 0) is 12.5 Å². The molecule has 0 bridgehead atoms. The summed E-state index contributed by atoms with van der Waals surface area (Å²) in [5.74, 6) is 0. The fourth-order valence-corrected chi connectivity index (χ4v) is 3.78. The van der Waals surface area contributed by atoms with E-state index in [1.807, 2.05) is 30.3 Å². The molecule has 2 rings (SSSR count). The van der Waals surface area contributed by atoms with Crippen molar-refractivity contribution in [1.82, 2.24) is 0 Å². The molecule has 1 heterocycles. The topological polar surface area (TPSA) is 155 Å². The number of hydrogen-bond donors (Lipinski definition) is 2. The van der Waals surface area contributed by atoms with Gasteiger partial charge < -0.3 is 14.2 Å². The van der Waals surface area contributed by atoms with Crippen LogP contribution in [0.3, 0.4) is 0 Å². The predicted molar refractivity (Wildman–Crippen MR) is 99.4 cm³/mol. The molecule has 5 atom stereocenters. The second-order valence-electron chi connectivity index (χ2n) is 6.03. The van der Waals surface area contributed by atoms with Crippen LogP contribution in [0.25, 0.3) is 6.08 Å². The summed E-state index contributed by atoms with van der Waals surface area (Å²) in [5.41, 5.74) is 0.891. The van der Waals surface area contributed by atoms with Gasteiger partial charge in [-0.15, -0.1) is 0 Å². The third-order valence-corrected chi connectivity index (χ3v) is 4.85. The third-order valence-electron chi connectivity index (χ3n) is 3.92. The molecule has 0 amide bonds. The average Bonchev–Trinajstić information content (AvgIpc) is 2.61. The maximum Gasteiger partial charge on any atom is 1.00 e. The van der Waals surface area contributed by atoms with Crippen LogP contribution in [0.2, 0.25) is 0 Å². The molecule has 1 aromatic carbocycles. The molecule has 0 unspecified atom stereocenters. The standard InChI is InChI=1S/C16H22O11S2.Na/c1-11-13(24-10-6-9-12-7-4-3-5-8-12)14(26-28(17,18)19)15(16(23-2)25-11)27-29(20,21)22;/h3-9,11,13-16H,10H2,1-2H3,(H,17,18,19)(H,20,21,22);/q;+1/b9-6+;/t11-,13-,14+,15+,16+;/m0./s1. The Morgan fingerprint density at radius 3 is 2.10 bits per heavy atom. The van der Waals surface area contributed by atoms with Gasteiger partial charge in [0.05, 0.1) is 12.7 Å². The number of hydrogen-bond acceptors (Lipinski definition) is 9. The van der Waals surface area contributed by atoms with Gasteiger partial charge in [-0.25, -0.2) is 8.37 Å². The molecule has 1 saturated heterocycles. The Hall–Kier alpha value is -0.420. The number of methoxy groups -OCH3 is 1. The van der Waals surface area contributed by atoms with Gasteiger partial charge in [0, 0.05) is 7.11 Å². The molecule has 0 spiro atoms. The molecule has 1 aromatic rings. The first kappa shape index (κ1) is 27.6. The van der Waals surface area contributed by atoms with E-state index in [-0.39, 0.29) is 36.2 Å². The number of ether oxygens (including phenoxy) is 3. The fraction of sp³-hybridized carbons (Fsp3) is 0.500. The van der Waals surface area contributed by atoms with Crippen molar-refractivity contribution in [1.29, 1.82) is 0 Å². The van der Waals surface area contributed by atoms with E-state index >= 15 is 0 Å². The summed E-state index contributed by atoms with van der Waals surface area (Å²) >= 11 is 0. The maximum atomic E-state index is 11.3. The number of benzene rings is 1. The molecule has 1 aliphatic heterocycles. The Bertz CT molecular complexity index is 889. The molecular weight excluding hydrogens is 455 g/mol. The summed E-state index contributed by atoms with van der Waals surface area (Å²) in [6.07, 6.45) is -3.58. The van der Waals surface area contributed by atoms with Crippen LogP contribution in [0.4, 0.5) is 0 Å². The summed E-state index contributed by atoms with van der Waals surface area (Å²) in [7, 11) is -8.94. The van der Waals surface area contributed by atoms with Crippen molar-refractivity contribution < 1.29 is 78.1 Å². The van der Waals surface area contributed by atoms with Crippen LogP contribution in [0, 0.1) is 0 Å². The van der Waals surface area contributed by atoms with Crippen LogP contribution in [-0.4, -0.2) is 70.4 Å². The Kier molecular flexibility index (Phi) is 11.0. The quantitative estimate of drug-likeness (QED) is 0.296. The molecular formula is C16H22NaO11S2+. The van der Waals surface area contributed by atoms with E-state index in [1.54, 1.807) is 12.2 Å². The van der Waals surface area contributed by atoms with E-state index in [1.165, 1.54) is 6.92 Å². The Balaban J connectivity index is 0.00000450. The Labute approximate surface area is 197 Å². The van der Waals surface area contributed by atoms with Gasteiger partial charge in [0.2, 0.25) is 0 Å². The van der Waals surface area contributed by atoms with Crippen LogP contribution < -0.4 is 29.6 Å². The monoisotopic (exact) mass is 477 g/mol. The smallest absolute Gasteiger partial charge is 0.369 e. The van der Waals surface area contributed by atoms with Gasteiger partial charge >= 0.3 is 50.4 Å². The van der Waals surface area contributed by atoms with Crippen molar-refractivity contribution >= 4 is 26.9 Å². The maximum absolute atomic E-state index is 11.3. The first-order chi connectivity index (χ1) is 13.5. The molecule has 14 heteroatoms. The third kappa shape index (κ3) is 8.98. The first-order valence-electron chi connectivity index (χ1n) is 8.33. The van der Waals surface area contributed by atoms with Crippen molar-refractivity contribution in [3.8, 4) is 0 Å². The minimum atomic E-state index is -5.04. The van der Waals surface area contributed by atoms with E-state index in [2.05, 4.69) is 8.37 Å². The van der Waals surface area contributed by atoms with E-state index < -0.39 is 51.5 Å². The Morgan fingerprint density at radius 2 is 1.57 bits per heavy atom. The van der Waals surface area contributed by atoms with Crippen molar-refractivity contribution in [2.24, 2.45) is 0 Å². The molecule has 11 nitrogen and oxygen atoms in total. The van der Waals surface area contributed by atoms with Crippen molar-refractivity contribution in [2.45, 2.75) is 37.6 Å². The van der Waals surface area contributed by atoms with Gasteiger partial charge in [0.25, 0.3) is 0 Å². The summed E-state index contributed by atoms with van der Waals surface area (Å²) in [5, 5.41) is 0. The van der Waals surface area contributed by atoms with Crippen LogP contribution in [-0.2, 0) is 43.4 Å². The van der Waals surface area contributed by atoms with Crippen molar-refractivity contribution in [3.05, 3.63) is 42.0 Å². The molecule has 1 fully saturated rings. The van der Waals surface area contributed by atoms with Crippen molar-refractivity contribution in [3.63, 3.8) is 0 Å². The van der Waals surface area contributed by atoms with Gasteiger partial charge in [-0.1, -0.05) is 42.5 Å². The number of rotatable bonds is 9. The van der Waals surface area contributed by atoms with Crippen LogP contribution >= 0.6 is 0 Å². The van der Waals surface area contributed by atoms with Crippen LogP contribution in [0.5, 0.6) is 0 Å². The van der Waals surface area contributed by atoms with Crippen molar-refractivity contribution in [2.75, 3.05) is 13.7 Å². The zero-order valence-corrected chi connectivity index (χ0v) is 20.2. The summed E-state index contributed by atoms with van der Waals surface area (Å²) < 4.78 is 88.1. The van der Waals surface area contributed by atoms with Gasteiger partial charge in [0.15, 0.2) is 12.4 Å². The SMILES string of the molecule is CO[C@@H]1O[C@@H](C)[C@H](OC/C=C/c2ccccc2)[C@@H](OS(=O)(=O)O)[C@H]1OS(=O)(=O)O.[Na+]. The Morgan fingerprint density at radius 1 is 1.00 bits per heavy atom. The van der Waals surface area contributed by atoms with E-state index in [0.717, 1.165) is 12.7 Å². The molecule has 2 N–H and O–H groups in total. The zero-order valence-electron chi connectivity index (χ0n) is 16.5. The molecule has 164 valence electrons. The first-order valence-corrected chi connectivity index (χ1v) is 11.1. The van der Waals surface area contributed by atoms with E-state index in [9.17, 15) is 16.8 Å². The summed E-state index contributed by atoms with van der Waals surface area (Å²) in [4.78, 5) is 0. The summed E-state index contributed by atoms with van der Waals surface area (Å²) in [6, 6.07) is 9.25. The minimum absolute atomic E-state index is 0. The largest absolute Gasteiger partial charge is 1.00 e.